The summed E-state index contributed by atoms with van der Waals surface area (Å²) in [6, 6.07) is 0.280. The first-order chi connectivity index (χ1) is 7.47. The summed E-state index contributed by atoms with van der Waals surface area (Å²) in [6.45, 7) is 1.31. The summed E-state index contributed by atoms with van der Waals surface area (Å²) < 4.78 is 5.95. The van der Waals surface area contributed by atoms with Crippen LogP contribution in [0.1, 0.15) is 6.42 Å². The van der Waals surface area contributed by atoms with Crippen molar-refractivity contribution < 1.29 is 14.0 Å². The van der Waals surface area contributed by atoms with Crippen LogP contribution in [0.25, 0.3) is 0 Å². The monoisotopic (exact) mass is 265 g/mol. The van der Waals surface area contributed by atoms with Crippen LogP contribution in [0.3, 0.4) is 0 Å². The molecule has 0 bridgehead atoms. The van der Waals surface area contributed by atoms with E-state index in [-0.39, 0.29) is 12.1 Å². The molecule has 4 nitrogen and oxygen atoms in total. The third-order valence-electron chi connectivity index (χ3n) is 2.22. The standard InChI is InChI=1S/C10H20N2O2S2/c1-12(2,3)5-6-14-10(13)11-9-4-7-15-16-8-9/h9H,4-8H2,1-3H3/p+1. The number of ether oxygens (including phenoxy) is 1. The Morgan fingerprint density at radius 2 is 2.19 bits per heavy atom. The van der Waals surface area contributed by atoms with Crippen LogP contribution in [0.15, 0.2) is 0 Å². The molecule has 0 spiro atoms. The maximum Gasteiger partial charge on any atom is 0.407 e. The lowest BCUT2D eigenvalue weighted by Gasteiger charge is -2.24. The highest BCUT2D eigenvalue weighted by Gasteiger charge is 2.17. The van der Waals surface area contributed by atoms with Crippen LogP contribution in [0.4, 0.5) is 4.79 Å². The fraction of sp³-hybridized carbons (Fsp3) is 0.900. The fourth-order valence-electron chi connectivity index (χ4n) is 1.20. The van der Waals surface area contributed by atoms with E-state index in [1.807, 2.05) is 21.6 Å². The molecule has 6 heteroatoms. The second-order valence-electron chi connectivity index (χ2n) is 4.89. The zero-order valence-electron chi connectivity index (χ0n) is 10.2. The van der Waals surface area contributed by atoms with Crippen molar-refractivity contribution in [3.05, 3.63) is 0 Å². The zero-order valence-corrected chi connectivity index (χ0v) is 11.8. The Morgan fingerprint density at radius 1 is 1.44 bits per heavy atom. The number of nitrogens with one attached hydrogen (secondary N) is 1. The molecule has 94 valence electrons. The highest BCUT2D eigenvalue weighted by molar-refractivity contribution is 8.76. The van der Waals surface area contributed by atoms with Gasteiger partial charge >= 0.3 is 6.09 Å². The SMILES string of the molecule is C[N+](C)(C)CCOC(=O)NC1CCSSC1. The van der Waals surface area contributed by atoms with Crippen molar-refractivity contribution in [1.82, 2.24) is 5.32 Å². The maximum absolute atomic E-state index is 11.4. The van der Waals surface area contributed by atoms with Gasteiger partial charge in [0.25, 0.3) is 0 Å². The minimum Gasteiger partial charge on any atom is -0.444 e. The predicted octanol–water partition coefficient (Wildman–Crippen LogP) is 1.57. The van der Waals surface area contributed by atoms with E-state index in [4.69, 9.17) is 4.74 Å². The smallest absolute Gasteiger partial charge is 0.407 e. The number of quaternary nitrogens is 1. The molecule has 1 aliphatic heterocycles. The molecule has 0 radical (unpaired) electrons. The van der Waals surface area contributed by atoms with Crippen LogP contribution in [0.2, 0.25) is 0 Å². The number of alkyl carbamates (subject to hydrolysis) is 1. The molecule has 1 N–H and O–H groups in total. The van der Waals surface area contributed by atoms with Crippen LogP contribution in [0, 0.1) is 0 Å². The average Bonchev–Trinajstić information content (AvgIpc) is 2.17. The van der Waals surface area contributed by atoms with Crippen molar-refractivity contribution in [3.63, 3.8) is 0 Å². The van der Waals surface area contributed by atoms with Crippen LogP contribution in [-0.2, 0) is 4.74 Å². The average molecular weight is 265 g/mol. The number of hydrogen-bond donors (Lipinski definition) is 1. The Hall–Kier alpha value is -0.0700. The highest BCUT2D eigenvalue weighted by Crippen LogP contribution is 2.29. The molecule has 0 aromatic carbocycles. The number of carbonyl (C=O) groups is 1. The summed E-state index contributed by atoms with van der Waals surface area (Å²) in [5, 5.41) is 2.90. The minimum atomic E-state index is -0.272. The number of likely N-dealkylation sites (N-methyl/N-ethyl adjacent to an activating group) is 1. The van der Waals surface area contributed by atoms with Gasteiger partial charge in [0.05, 0.1) is 21.1 Å². The summed E-state index contributed by atoms with van der Waals surface area (Å²) in [4.78, 5) is 11.4. The van der Waals surface area contributed by atoms with E-state index in [0.717, 1.165) is 29.0 Å². The van der Waals surface area contributed by atoms with E-state index < -0.39 is 0 Å². The molecule has 1 rings (SSSR count). The minimum absolute atomic E-state index is 0.272. The Kier molecular flexibility index (Phi) is 5.78. The lowest BCUT2D eigenvalue weighted by atomic mass is 10.3. The summed E-state index contributed by atoms with van der Waals surface area (Å²) in [6.07, 6.45) is 0.771. The van der Waals surface area contributed by atoms with E-state index >= 15 is 0 Å². The number of hydrogen-bond acceptors (Lipinski definition) is 4. The molecule has 1 aliphatic rings. The third-order valence-corrected chi connectivity index (χ3v) is 4.74. The molecule has 1 amide bonds. The molecule has 1 fully saturated rings. The van der Waals surface area contributed by atoms with Crippen LogP contribution >= 0.6 is 21.6 Å². The molecule has 1 saturated heterocycles. The molecule has 16 heavy (non-hydrogen) atoms. The van der Waals surface area contributed by atoms with E-state index in [9.17, 15) is 4.79 Å². The van der Waals surface area contributed by atoms with Crippen LogP contribution in [0.5, 0.6) is 0 Å². The fourth-order valence-corrected chi connectivity index (χ4v) is 3.63. The molecule has 0 aromatic heterocycles. The van der Waals surface area contributed by atoms with E-state index in [2.05, 4.69) is 26.5 Å². The van der Waals surface area contributed by atoms with Gasteiger partial charge in [-0.2, -0.15) is 0 Å². The number of rotatable bonds is 4. The van der Waals surface area contributed by atoms with Crippen molar-refractivity contribution in [2.45, 2.75) is 12.5 Å². The Balaban J connectivity index is 2.10. The van der Waals surface area contributed by atoms with E-state index in [1.165, 1.54) is 0 Å². The maximum atomic E-state index is 11.4. The van der Waals surface area contributed by atoms with Gasteiger partial charge in [0.1, 0.15) is 13.2 Å². The van der Waals surface area contributed by atoms with Gasteiger partial charge in [-0.15, -0.1) is 0 Å². The third kappa shape index (κ3) is 6.50. The molecule has 0 saturated carbocycles. The molecule has 1 atom stereocenters. The molecular formula is C10H21N2O2S2+. The molecular weight excluding hydrogens is 244 g/mol. The van der Waals surface area contributed by atoms with Crippen molar-refractivity contribution in [3.8, 4) is 0 Å². The van der Waals surface area contributed by atoms with Crippen molar-refractivity contribution in [1.29, 1.82) is 0 Å². The Morgan fingerprint density at radius 3 is 2.75 bits per heavy atom. The van der Waals surface area contributed by atoms with Gasteiger partial charge in [-0.1, -0.05) is 21.6 Å². The van der Waals surface area contributed by atoms with Gasteiger partial charge in [0, 0.05) is 17.5 Å². The molecule has 1 heterocycles. The molecule has 0 aromatic rings. The normalized spacial score (nSPS) is 21.6. The zero-order chi connectivity index (χ0) is 12.0. The predicted molar refractivity (Wildman–Crippen MR) is 70.7 cm³/mol. The number of nitrogens with zero attached hydrogens (tertiary/aromatic N) is 1. The lowest BCUT2D eigenvalue weighted by molar-refractivity contribution is -0.870. The topological polar surface area (TPSA) is 38.3 Å². The van der Waals surface area contributed by atoms with Gasteiger partial charge in [0.15, 0.2) is 0 Å². The quantitative estimate of drug-likeness (QED) is 0.618. The number of carbonyl (C=O) groups excluding carboxylic acids is 1. The first-order valence-corrected chi connectivity index (χ1v) is 7.94. The lowest BCUT2D eigenvalue weighted by Crippen LogP contribution is -2.41. The van der Waals surface area contributed by atoms with Gasteiger partial charge in [-0.25, -0.2) is 4.79 Å². The largest absolute Gasteiger partial charge is 0.444 e. The highest BCUT2D eigenvalue weighted by atomic mass is 33.1. The summed E-state index contributed by atoms with van der Waals surface area (Å²) in [5.74, 6) is 2.09. The second kappa shape index (κ2) is 6.61. The summed E-state index contributed by atoms with van der Waals surface area (Å²) >= 11 is 0. The van der Waals surface area contributed by atoms with Gasteiger partial charge in [-0.3, -0.25) is 0 Å². The Labute approximate surface area is 105 Å². The summed E-state index contributed by atoms with van der Waals surface area (Å²) in [5.41, 5.74) is 0. The first-order valence-electron chi connectivity index (χ1n) is 5.45. The molecule has 1 unspecified atom stereocenters. The van der Waals surface area contributed by atoms with Gasteiger partial charge < -0.3 is 14.5 Å². The number of amides is 1. The Bertz CT molecular complexity index is 225. The van der Waals surface area contributed by atoms with Gasteiger partial charge in [0.2, 0.25) is 0 Å². The first kappa shape index (κ1) is 14.0. The van der Waals surface area contributed by atoms with Crippen molar-refractivity contribution in [2.24, 2.45) is 0 Å². The van der Waals surface area contributed by atoms with E-state index in [1.54, 1.807) is 0 Å². The van der Waals surface area contributed by atoms with Crippen molar-refractivity contribution >= 4 is 27.7 Å². The van der Waals surface area contributed by atoms with E-state index in [0.29, 0.717) is 6.61 Å². The second-order valence-corrected chi connectivity index (χ2v) is 7.51. The van der Waals surface area contributed by atoms with Gasteiger partial charge in [-0.05, 0) is 6.42 Å². The molecule has 0 aliphatic carbocycles. The summed E-state index contributed by atoms with van der Waals surface area (Å²) in [7, 11) is 9.92. The van der Waals surface area contributed by atoms with Crippen molar-refractivity contribution in [2.75, 3.05) is 45.8 Å². The van der Waals surface area contributed by atoms with Crippen LogP contribution < -0.4 is 5.32 Å². The van der Waals surface area contributed by atoms with Crippen LogP contribution in [-0.4, -0.2) is 62.4 Å².